The maximum atomic E-state index is 14.0. The van der Waals surface area contributed by atoms with E-state index in [1.807, 2.05) is 9.80 Å². The van der Waals surface area contributed by atoms with Crippen LogP contribution in [0.3, 0.4) is 0 Å². The van der Waals surface area contributed by atoms with Crippen molar-refractivity contribution in [2.75, 3.05) is 68.2 Å². The van der Waals surface area contributed by atoms with Crippen LogP contribution in [-0.4, -0.2) is 68.4 Å². The summed E-state index contributed by atoms with van der Waals surface area (Å²) in [4.78, 5) is 25.1. The summed E-state index contributed by atoms with van der Waals surface area (Å²) in [5.74, 6) is 0.266. The Hall–Kier alpha value is -3.01. The van der Waals surface area contributed by atoms with Gasteiger partial charge < -0.3 is 19.4 Å². The van der Waals surface area contributed by atoms with Crippen LogP contribution < -0.4 is 14.7 Å². The Morgan fingerprint density at radius 1 is 1.21 bits per heavy atom. The second kappa shape index (κ2) is 8.79. The molecule has 1 aliphatic heterocycles. The summed E-state index contributed by atoms with van der Waals surface area (Å²) in [5.41, 5.74) is 0.416. The molecule has 150 valence electrons. The zero-order valence-electron chi connectivity index (χ0n) is 15.9. The predicted molar refractivity (Wildman–Crippen MR) is 105 cm³/mol. The highest BCUT2D eigenvalue weighted by Crippen LogP contribution is 2.34. The monoisotopic (exact) mass is 390 g/mol. The van der Waals surface area contributed by atoms with Crippen molar-refractivity contribution in [2.24, 2.45) is 0 Å². The molecule has 1 aliphatic rings. The zero-order valence-corrected chi connectivity index (χ0v) is 15.9. The highest BCUT2D eigenvalue weighted by molar-refractivity contribution is 5.71. The van der Waals surface area contributed by atoms with Gasteiger partial charge in [0.05, 0.1) is 17.2 Å². The van der Waals surface area contributed by atoms with Crippen LogP contribution >= 0.6 is 0 Å². The van der Waals surface area contributed by atoms with E-state index in [1.165, 1.54) is 12.4 Å². The molecule has 1 aromatic heterocycles. The second-order valence-corrected chi connectivity index (χ2v) is 6.47. The van der Waals surface area contributed by atoms with Gasteiger partial charge in [0.25, 0.3) is 0 Å². The molecule has 28 heavy (non-hydrogen) atoms. The molecule has 0 amide bonds. The van der Waals surface area contributed by atoms with Crippen molar-refractivity contribution in [2.45, 2.75) is 0 Å². The fraction of sp³-hybridized carbons (Fsp3) is 0.444. The number of halogens is 1. The molecule has 2 heterocycles. The number of hydrogen-bond donors (Lipinski definition) is 0. The minimum atomic E-state index is -0.447. The molecule has 1 fully saturated rings. The first-order chi connectivity index (χ1) is 13.5. The highest BCUT2D eigenvalue weighted by Gasteiger charge is 2.31. The molecule has 1 saturated heterocycles. The minimum Gasteiger partial charge on any atom is -0.383 e. The smallest absolute Gasteiger partial charge is 0.353 e. The number of benzene rings is 1. The molecule has 1 aromatic carbocycles. The van der Waals surface area contributed by atoms with Crippen molar-refractivity contribution in [3.8, 4) is 0 Å². The van der Waals surface area contributed by atoms with E-state index in [1.54, 1.807) is 37.3 Å². The standard InChI is InChI=1S/C18H23FN6O3/c1-22(11-12-28-2)17-16(25(26)27)18(21-13-20-17)24-9-7-23(8-10-24)15-6-4-3-5-14(15)19/h3-6,13H,7-12H2,1-2H3. The van der Waals surface area contributed by atoms with Crippen molar-refractivity contribution >= 4 is 23.0 Å². The van der Waals surface area contributed by atoms with Crippen molar-refractivity contribution in [3.63, 3.8) is 0 Å². The third-order valence-electron chi connectivity index (χ3n) is 4.73. The molecule has 0 spiro atoms. The number of methoxy groups -OCH3 is 1. The van der Waals surface area contributed by atoms with Gasteiger partial charge in [0.1, 0.15) is 12.1 Å². The number of nitrogens with zero attached hydrogens (tertiary/aromatic N) is 6. The maximum Gasteiger partial charge on any atom is 0.353 e. The summed E-state index contributed by atoms with van der Waals surface area (Å²) >= 11 is 0. The number of likely N-dealkylation sites (N-methyl/N-ethyl adjacent to an activating group) is 1. The van der Waals surface area contributed by atoms with Crippen LogP contribution in [0.4, 0.5) is 27.4 Å². The lowest BCUT2D eigenvalue weighted by molar-refractivity contribution is -0.383. The van der Waals surface area contributed by atoms with Crippen LogP contribution in [0.25, 0.3) is 0 Å². The molecule has 2 aromatic rings. The fourth-order valence-electron chi connectivity index (χ4n) is 3.24. The van der Waals surface area contributed by atoms with Gasteiger partial charge in [-0.25, -0.2) is 14.4 Å². The molecule has 3 rings (SSSR count). The molecular weight excluding hydrogens is 367 g/mol. The summed E-state index contributed by atoms with van der Waals surface area (Å²) in [7, 11) is 3.30. The van der Waals surface area contributed by atoms with E-state index in [4.69, 9.17) is 4.74 Å². The SMILES string of the molecule is COCCN(C)c1ncnc(N2CCN(c3ccccc3F)CC2)c1[N+](=O)[O-]. The van der Waals surface area contributed by atoms with Gasteiger partial charge in [-0.2, -0.15) is 0 Å². The molecule has 10 heteroatoms. The van der Waals surface area contributed by atoms with Gasteiger partial charge in [-0.1, -0.05) is 12.1 Å². The molecule has 0 aliphatic carbocycles. The average Bonchev–Trinajstić information content (AvgIpc) is 2.72. The number of hydrogen-bond acceptors (Lipinski definition) is 8. The quantitative estimate of drug-likeness (QED) is 0.524. The highest BCUT2D eigenvalue weighted by atomic mass is 19.1. The van der Waals surface area contributed by atoms with Crippen LogP contribution in [0.15, 0.2) is 30.6 Å². The summed E-state index contributed by atoms with van der Waals surface area (Å²) in [5, 5.41) is 11.8. The van der Waals surface area contributed by atoms with E-state index in [0.717, 1.165) is 0 Å². The van der Waals surface area contributed by atoms with Crippen molar-refractivity contribution in [1.82, 2.24) is 9.97 Å². The molecule has 0 radical (unpaired) electrons. The van der Waals surface area contributed by atoms with Gasteiger partial charge in [0.2, 0.25) is 11.6 Å². The Morgan fingerprint density at radius 3 is 2.54 bits per heavy atom. The lowest BCUT2D eigenvalue weighted by Gasteiger charge is -2.36. The zero-order chi connectivity index (χ0) is 20.1. The number of rotatable bonds is 7. The Morgan fingerprint density at radius 2 is 1.89 bits per heavy atom. The van der Waals surface area contributed by atoms with E-state index >= 15 is 0 Å². The lowest BCUT2D eigenvalue weighted by Crippen LogP contribution is -2.47. The van der Waals surface area contributed by atoms with Crippen molar-refractivity contribution in [3.05, 3.63) is 46.5 Å². The van der Waals surface area contributed by atoms with Gasteiger partial charge in [-0.3, -0.25) is 10.1 Å². The number of aromatic nitrogens is 2. The number of ether oxygens (including phenoxy) is 1. The fourth-order valence-corrected chi connectivity index (χ4v) is 3.24. The van der Waals surface area contributed by atoms with E-state index < -0.39 is 4.92 Å². The topological polar surface area (TPSA) is 87.9 Å². The maximum absolute atomic E-state index is 14.0. The largest absolute Gasteiger partial charge is 0.383 e. The number of anilines is 3. The first-order valence-electron chi connectivity index (χ1n) is 8.96. The first-order valence-corrected chi connectivity index (χ1v) is 8.96. The van der Waals surface area contributed by atoms with Gasteiger partial charge in [-0.05, 0) is 12.1 Å². The van der Waals surface area contributed by atoms with Gasteiger partial charge >= 0.3 is 5.69 Å². The molecule has 9 nitrogen and oxygen atoms in total. The van der Waals surface area contributed by atoms with Crippen molar-refractivity contribution < 1.29 is 14.1 Å². The van der Waals surface area contributed by atoms with Crippen LogP contribution in [0.1, 0.15) is 0 Å². The number of piperazine rings is 1. The van der Waals surface area contributed by atoms with Gasteiger partial charge in [0.15, 0.2) is 0 Å². The molecular formula is C18H23FN6O3. The second-order valence-electron chi connectivity index (χ2n) is 6.47. The van der Waals surface area contributed by atoms with E-state index in [0.29, 0.717) is 45.0 Å². The van der Waals surface area contributed by atoms with Crippen LogP contribution in [0.2, 0.25) is 0 Å². The van der Waals surface area contributed by atoms with Crippen LogP contribution in [0.5, 0.6) is 0 Å². The summed E-state index contributed by atoms with van der Waals surface area (Å²) in [6.07, 6.45) is 1.34. The summed E-state index contributed by atoms with van der Waals surface area (Å²) < 4.78 is 19.1. The van der Waals surface area contributed by atoms with Gasteiger partial charge in [0, 0.05) is 46.9 Å². The molecule has 0 saturated carbocycles. The Labute approximate surface area is 162 Å². The Bertz CT molecular complexity index is 829. The first kappa shape index (κ1) is 19.7. The summed E-state index contributed by atoms with van der Waals surface area (Å²) in [6, 6.07) is 6.61. The molecule has 0 bridgehead atoms. The average molecular weight is 390 g/mol. The van der Waals surface area contributed by atoms with Crippen LogP contribution in [-0.2, 0) is 4.74 Å². The van der Waals surface area contributed by atoms with E-state index in [9.17, 15) is 14.5 Å². The number of nitro groups is 1. The predicted octanol–water partition coefficient (Wildman–Crippen LogP) is 1.93. The normalized spacial score (nSPS) is 14.2. The minimum absolute atomic E-state index is 0.125. The molecule has 0 atom stereocenters. The lowest BCUT2D eigenvalue weighted by atomic mass is 10.2. The number of para-hydroxylation sites is 1. The summed E-state index contributed by atoms with van der Waals surface area (Å²) in [6.45, 7) is 2.96. The van der Waals surface area contributed by atoms with E-state index in [-0.39, 0.29) is 23.1 Å². The molecule has 0 unspecified atom stereocenters. The van der Waals surface area contributed by atoms with E-state index in [2.05, 4.69) is 9.97 Å². The van der Waals surface area contributed by atoms with Gasteiger partial charge in [-0.15, -0.1) is 0 Å². The third kappa shape index (κ3) is 4.11. The Kier molecular flexibility index (Phi) is 6.19. The van der Waals surface area contributed by atoms with Crippen LogP contribution in [0, 0.1) is 15.9 Å². The van der Waals surface area contributed by atoms with Crippen molar-refractivity contribution in [1.29, 1.82) is 0 Å². The third-order valence-corrected chi connectivity index (χ3v) is 4.73. The molecule has 0 N–H and O–H groups in total. The Balaban J connectivity index is 1.81.